The van der Waals surface area contributed by atoms with E-state index in [1.807, 2.05) is 56.6 Å². The number of carbonyl (C=O) groups is 1. The smallest absolute Gasteiger partial charge is 0.320 e. The summed E-state index contributed by atoms with van der Waals surface area (Å²) in [6.07, 6.45) is 3.77. The van der Waals surface area contributed by atoms with Crippen molar-refractivity contribution in [2.75, 3.05) is 27.2 Å². The first kappa shape index (κ1) is 15.7. The zero-order valence-electron chi connectivity index (χ0n) is 10.1. The van der Waals surface area contributed by atoms with Gasteiger partial charge in [-0.05, 0) is 25.7 Å². The highest BCUT2D eigenvalue weighted by atomic mass is 35.5. The Kier molecular flexibility index (Phi) is 8.11. The van der Waals surface area contributed by atoms with E-state index in [0.29, 0.717) is 13.2 Å². The third-order valence-electron chi connectivity index (χ3n) is 1.90. The first-order valence-electron chi connectivity index (χ1n) is 5.20. The predicted octanol–water partition coefficient (Wildman–Crippen LogP) is 2.23. The number of halogens is 1. The molecule has 0 N–H and O–H groups in total. The molecule has 0 saturated heterocycles. The molecule has 1 aromatic rings. The SMILES string of the molecule is CN(C)CC(=O)OC/C=C/c1ccccc1.Cl. The molecule has 94 valence electrons. The van der Waals surface area contributed by atoms with Gasteiger partial charge in [0.05, 0.1) is 6.54 Å². The van der Waals surface area contributed by atoms with Crippen LogP contribution >= 0.6 is 12.4 Å². The fraction of sp³-hybridized carbons (Fsp3) is 0.308. The molecule has 17 heavy (non-hydrogen) atoms. The van der Waals surface area contributed by atoms with Crippen molar-refractivity contribution in [3.8, 4) is 0 Å². The van der Waals surface area contributed by atoms with E-state index in [-0.39, 0.29) is 18.4 Å². The second-order valence-corrected chi connectivity index (χ2v) is 3.73. The van der Waals surface area contributed by atoms with E-state index >= 15 is 0 Å². The Hall–Kier alpha value is -1.32. The maximum atomic E-state index is 11.2. The summed E-state index contributed by atoms with van der Waals surface area (Å²) in [7, 11) is 3.67. The van der Waals surface area contributed by atoms with Crippen LogP contribution < -0.4 is 0 Å². The van der Waals surface area contributed by atoms with Gasteiger partial charge in [-0.25, -0.2) is 0 Å². The number of esters is 1. The standard InChI is InChI=1S/C13H17NO2.ClH/c1-14(2)11-13(15)16-10-6-9-12-7-4-3-5-8-12;/h3-9H,10-11H2,1-2H3;1H/b9-6+;. The molecule has 0 bridgehead atoms. The lowest BCUT2D eigenvalue weighted by Crippen LogP contribution is -2.23. The van der Waals surface area contributed by atoms with Crippen LogP contribution in [0.3, 0.4) is 0 Å². The molecule has 4 heteroatoms. The van der Waals surface area contributed by atoms with Crippen LogP contribution in [0.5, 0.6) is 0 Å². The van der Waals surface area contributed by atoms with Gasteiger partial charge in [-0.3, -0.25) is 9.69 Å². The summed E-state index contributed by atoms with van der Waals surface area (Å²) in [5, 5.41) is 0. The Morgan fingerprint density at radius 3 is 2.53 bits per heavy atom. The molecule has 0 fully saturated rings. The molecule has 1 aromatic carbocycles. The quantitative estimate of drug-likeness (QED) is 0.756. The number of benzene rings is 1. The van der Waals surface area contributed by atoms with Gasteiger partial charge in [0.25, 0.3) is 0 Å². The molecule has 0 heterocycles. The van der Waals surface area contributed by atoms with Crippen LogP contribution in [0.1, 0.15) is 5.56 Å². The Labute approximate surface area is 108 Å². The molecule has 0 atom stereocenters. The number of ether oxygens (including phenoxy) is 1. The highest BCUT2D eigenvalue weighted by molar-refractivity contribution is 5.85. The van der Waals surface area contributed by atoms with Gasteiger partial charge in [-0.1, -0.05) is 36.4 Å². The summed E-state index contributed by atoms with van der Waals surface area (Å²) in [5.74, 6) is -0.206. The minimum absolute atomic E-state index is 0. The number of hydrogen-bond acceptors (Lipinski definition) is 3. The second-order valence-electron chi connectivity index (χ2n) is 3.73. The maximum Gasteiger partial charge on any atom is 0.320 e. The predicted molar refractivity (Wildman–Crippen MR) is 72.2 cm³/mol. The van der Waals surface area contributed by atoms with E-state index in [9.17, 15) is 4.79 Å². The molecule has 0 radical (unpaired) electrons. The van der Waals surface area contributed by atoms with Crippen molar-refractivity contribution < 1.29 is 9.53 Å². The summed E-state index contributed by atoms with van der Waals surface area (Å²) in [6, 6.07) is 9.90. The van der Waals surface area contributed by atoms with Crippen molar-refractivity contribution in [2.24, 2.45) is 0 Å². The zero-order chi connectivity index (χ0) is 11.8. The van der Waals surface area contributed by atoms with Gasteiger partial charge in [-0.15, -0.1) is 12.4 Å². The van der Waals surface area contributed by atoms with Crippen LogP contribution in [0.4, 0.5) is 0 Å². The largest absolute Gasteiger partial charge is 0.460 e. The highest BCUT2D eigenvalue weighted by Crippen LogP contribution is 2.00. The summed E-state index contributed by atoms with van der Waals surface area (Å²) < 4.78 is 5.01. The van der Waals surface area contributed by atoms with Crippen LogP contribution in [0.2, 0.25) is 0 Å². The summed E-state index contributed by atoms with van der Waals surface area (Å²) >= 11 is 0. The van der Waals surface area contributed by atoms with Gasteiger partial charge in [0, 0.05) is 0 Å². The van der Waals surface area contributed by atoms with Crippen LogP contribution in [-0.2, 0) is 9.53 Å². The van der Waals surface area contributed by atoms with Crippen molar-refractivity contribution in [3.63, 3.8) is 0 Å². The average Bonchev–Trinajstić information content (AvgIpc) is 2.25. The number of carbonyl (C=O) groups excluding carboxylic acids is 1. The topological polar surface area (TPSA) is 29.5 Å². The first-order chi connectivity index (χ1) is 7.68. The van der Waals surface area contributed by atoms with Crippen LogP contribution in [0.25, 0.3) is 6.08 Å². The Morgan fingerprint density at radius 2 is 1.94 bits per heavy atom. The van der Waals surface area contributed by atoms with Crippen molar-refractivity contribution in [1.82, 2.24) is 4.90 Å². The molecule has 0 unspecified atom stereocenters. The van der Waals surface area contributed by atoms with Crippen molar-refractivity contribution in [1.29, 1.82) is 0 Å². The maximum absolute atomic E-state index is 11.2. The summed E-state index contributed by atoms with van der Waals surface area (Å²) in [4.78, 5) is 12.9. The molecule has 3 nitrogen and oxygen atoms in total. The van der Waals surface area contributed by atoms with Crippen molar-refractivity contribution in [3.05, 3.63) is 42.0 Å². The molecule has 0 aromatic heterocycles. The third kappa shape index (κ3) is 7.55. The monoisotopic (exact) mass is 255 g/mol. The van der Waals surface area contributed by atoms with Gasteiger partial charge in [-0.2, -0.15) is 0 Å². The lowest BCUT2D eigenvalue weighted by atomic mass is 10.2. The van der Waals surface area contributed by atoms with Crippen LogP contribution in [-0.4, -0.2) is 38.1 Å². The molecule has 0 spiro atoms. The number of nitrogens with zero attached hydrogens (tertiary/aromatic N) is 1. The molecular weight excluding hydrogens is 238 g/mol. The van der Waals surface area contributed by atoms with Gasteiger partial charge in [0.2, 0.25) is 0 Å². The molecule has 0 amide bonds. The zero-order valence-corrected chi connectivity index (χ0v) is 10.9. The van der Waals surface area contributed by atoms with Crippen molar-refractivity contribution >= 4 is 24.5 Å². The molecule has 0 saturated carbocycles. The van der Waals surface area contributed by atoms with E-state index in [1.54, 1.807) is 4.90 Å². The van der Waals surface area contributed by atoms with Gasteiger partial charge >= 0.3 is 5.97 Å². The lowest BCUT2D eigenvalue weighted by Gasteiger charge is -2.07. The van der Waals surface area contributed by atoms with E-state index in [2.05, 4.69) is 0 Å². The van der Waals surface area contributed by atoms with Gasteiger partial charge in [0.1, 0.15) is 6.61 Å². The summed E-state index contributed by atoms with van der Waals surface area (Å²) in [6.45, 7) is 0.640. The van der Waals surface area contributed by atoms with Crippen LogP contribution in [0.15, 0.2) is 36.4 Å². The van der Waals surface area contributed by atoms with E-state index in [1.165, 1.54) is 0 Å². The molecule has 0 aliphatic rings. The normalized spacial score (nSPS) is 10.3. The first-order valence-corrected chi connectivity index (χ1v) is 5.20. The fourth-order valence-corrected chi connectivity index (χ4v) is 1.19. The fourth-order valence-electron chi connectivity index (χ4n) is 1.19. The minimum atomic E-state index is -0.206. The number of rotatable bonds is 5. The van der Waals surface area contributed by atoms with Crippen molar-refractivity contribution in [2.45, 2.75) is 0 Å². The Morgan fingerprint density at radius 1 is 1.29 bits per heavy atom. The minimum Gasteiger partial charge on any atom is -0.460 e. The second kappa shape index (κ2) is 8.79. The summed E-state index contributed by atoms with van der Waals surface area (Å²) in [5.41, 5.74) is 1.10. The van der Waals surface area contributed by atoms with Gasteiger partial charge < -0.3 is 4.74 Å². The third-order valence-corrected chi connectivity index (χ3v) is 1.90. The van der Waals surface area contributed by atoms with Crippen LogP contribution in [0, 0.1) is 0 Å². The van der Waals surface area contributed by atoms with E-state index < -0.39 is 0 Å². The molecule has 0 aliphatic heterocycles. The Balaban J connectivity index is 0.00000256. The lowest BCUT2D eigenvalue weighted by molar-refractivity contribution is -0.143. The number of likely N-dealkylation sites (N-methyl/N-ethyl adjacent to an activating group) is 1. The molecule has 1 rings (SSSR count). The van der Waals surface area contributed by atoms with E-state index in [0.717, 1.165) is 5.56 Å². The molecular formula is C13H18ClNO2. The Bertz CT molecular complexity index is 350. The highest BCUT2D eigenvalue weighted by Gasteiger charge is 2.01. The molecule has 0 aliphatic carbocycles. The number of hydrogen-bond donors (Lipinski definition) is 0. The van der Waals surface area contributed by atoms with E-state index in [4.69, 9.17) is 4.74 Å². The average molecular weight is 256 g/mol. The van der Waals surface area contributed by atoms with Gasteiger partial charge in [0.15, 0.2) is 0 Å².